The van der Waals surface area contributed by atoms with Gasteiger partial charge in [0, 0.05) is 13.2 Å². The van der Waals surface area contributed by atoms with Crippen LogP contribution in [0.4, 0.5) is 0 Å². The van der Waals surface area contributed by atoms with Crippen molar-refractivity contribution in [1.29, 1.82) is 0 Å². The number of hydrogen-bond donors (Lipinski definition) is 2. The minimum atomic E-state index is -0.0291. The third-order valence-corrected chi connectivity index (χ3v) is 2.17. The maximum Gasteiger partial charge on any atom is 0.0482 e. The van der Waals surface area contributed by atoms with Gasteiger partial charge in [-0.25, -0.2) is 0 Å². The summed E-state index contributed by atoms with van der Waals surface area (Å²) in [5.41, 5.74) is 0.0969. The van der Waals surface area contributed by atoms with Gasteiger partial charge in [0.25, 0.3) is 0 Å². The Morgan fingerprint density at radius 1 is 0.917 bits per heavy atom. The number of rotatable bonds is 5. The molecule has 74 valence electrons. The quantitative estimate of drug-likeness (QED) is 0.667. The van der Waals surface area contributed by atoms with Crippen LogP contribution in [0.2, 0.25) is 0 Å². The molecular weight excluding hydrogens is 152 g/mol. The van der Waals surface area contributed by atoms with Crippen molar-refractivity contribution in [3.63, 3.8) is 0 Å². The third-order valence-electron chi connectivity index (χ3n) is 2.17. The first-order valence-electron chi connectivity index (χ1n) is 4.55. The standard InChI is InChI=1S/C10H22O2/c1-9(2,5-6-11)7-10(3,4)8-12/h11-12H,5-8H2,1-4H3. The molecule has 0 aromatic carbocycles. The number of aliphatic hydroxyl groups is 2. The van der Waals surface area contributed by atoms with E-state index in [1.165, 1.54) is 0 Å². The largest absolute Gasteiger partial charge is 0.396 e. The van der Waals surface area contributed by atoms with Crippen molar-refractivity contribution in [3.8, 4) is 0 Å². The summed E-state index contributed by atoms with van der Waals surface area (Å²) in [6.45, 7) is 8.79. The van der Waals surface area contributed by atoms with Gasteiger partial charge in [-0.2, -0.15) is 0 Å². The second-order valence-corrected chi connectivity index (χ2v) is 5.14. The van der Waals surface area contributed by atoms with E-state index in [4.69, 9.17) is 10.2 Å². The van der Waals surface area contributed by atoms with E-state index in [-0.39, 0.29) is 24.0 Å². The van der Waals surface area contributed by atoms with Gasteiger partial charge in [-0.3, -0.25) is 0 Å². The first-order valence-corrected chi connectivity index (χ1v) is 4.55. The molecule has 0 aliphatic heterocycles. The van der Waals surface area contributed by atoms with Gasteiger partial charge in [0.05, 0.1) is 0 Å². The lowest BCUT2D eigenvalue weighted by atomic mass is 9.74. The Hall–Kier alpha value is -0.0800. The van der Waals surface area contributed by atoms with E-state index in [0.717, 1.165) is 12.8 Å². The maximum atomic E-state index is 9.06. The zero-order chi connectivity index (χ0) is 9.83. The summed E-state index contributed by atoms with van der Waals surface area (Å²) in [4.78, 5) is 0. The van der Waals surface area contributed by atoms with Crippen LogP contribution in [0.1, 0.15) is 40.5 Å². The van der Waals surface area contributed by atoms with E-state index in [1.807, 2.05) is 13.8 Å². The molecule has 0 aliphatic carbocycles. The zero-order valence-electron chi connectivity index (χ0n) is 8.72. The predicted molar refractivity (Wildman–Crippen MR) is 51.0 cm³/mol. The average Bonchev–Trinajstić information content (AvgIpc) is 1.85. The van der Waals surface area contributed by atoms with E-state index in [2.05, 4.69) is 13.8 Å². The van der Waals surface area contributed by atoms with Crippen LogP contribution < -0.4 is 0 Å². The monoisotopic (exact) mass is 174 g/mol. The summed E-state index contributed by atoms with van der Waals surface area (Å²) in [5.74, 6) is 0. The molecule has 0 atom stereocenters. The molecule has 0 rings (SSSR count). The van der Waals surface area contributed by atoms with Gasteiger partial charge < -0.3 is 10.2 Å². The van der Waals surface area contributed by atoms with E-state index in [0.29, 0.717) is 0 Å². The molecule has 0 saturated heterocycles. The van der Waals surface area contributed by atoms with E-state index >= 15 is 0 Å². The summed E-state index contributed by atoms with van der Waals surface area (Å²) in [7, 11) is 0. The van der Waals surface area contributed by atoms with Crippen molar-refractivity contribution < 1.29 is 10.2 Å². The average molecular weight is 174 g/mol. The van der Waals surface area contributed by atoms with Crippen molar-refractivity contribution >= 4 is 0 Å². The molecular formula is C10H22O2. The summed E-state index contributed by atoms with van der Waals surface area (Å²) >= 11 is 0. The summed E-state index contributed by atoms with van der Waals surface area (Å²) in [6.07, 6.45) is 1.74. The first-order chi connectivity index (χ1) is 5.33. The highest BCUT2D eigenvalue weighted by Crippen LogP contribution is 2.35. The van der Waals surface area contributed by atoms with Crippen molar-refractivity contribution in [2.45, 2.75) is 40.5 Å². The molecule has 0 spiro atoms. The molecule has 2 heteroatoms. The second-order valence-electron chi connectivity index (χ2n) is 5.14. The van der Waals surface area contributed by atoms with Crippen LogP contribution >= 0.6 is 0 Å². The molecule has 0 aromatic rings. The van der Waals surface area contributed by atoms with Crippen LogP contribution in [0, 0.1) is 10.8 Å². The molecule has 0 bridgehead atoms. The van der Waals surface area contributed by atoms with Crippen molar-refractivity contribution in [2.75, 3.05) is 13.2 Å². The lowest BCUT2D eigenvalue weighted by Crippen LogP contribution is -2.26. The highest BCUT2D eigenvalue weighted by atomic mass is 16.3. The Morgan fingerprint density at radius 3 is 1.75 bits per heavy atom. The fourth-order valence-electron chi connectivity index (χ4n) is 1.74. The van der Waals surface area contributed by atoms with Crippen molar-refractivity contribution in [1.82, 2.24) is 0 Å². The minimum Gasteiger partial charge on any atom is -0.396 e. The van der Waals surface area contributed by atoms with Gasteiger partial charge in [0.15, 0.2) is 0 Å². The molecule has 0 radical (unpaired) electrons. The van der Waals surface area contributed by atoms with Crippen LogP contribution in [-0.2, 0) is 0 Å². The lowest BCUT2D eigenvalue weighted by molar-refractivity contribution is 0.0875. The Labute approximate surface area is 75.6 Å². The molecule has 0 fully saturated rings. The molecule has 2 N–H and O–H groups in total. The molecule has 0 aliphatic rings. The third kappa shape index (κ3) is 4.73. The molecule has 0 amide bonds. The fourth-order valence-corrected chi connectivity index (χ4v) is 1.74. The zero-order valence-corrected chi connectivity index (χ0v) is 8.72. The van der Waals surface area contributed by atoms with Gasteiger partial charge in [-0.05, 0) is 23.7 Å². The van der Waals surface area contributed by atoms with Crippen LogP contribution in [0.5, 0.6) is 0 Å². The summed E-state index contributed by atoms with van der Waals surface area (Å²) < 4.78 is 0. The highest BCUT2D eigenvalue weighted by molar-refractivity contribution is 4.78. The highest BCUT2D eigenvalue weighted by Gasteiger charge is 2.27. The van der Waals surface area contributed by atoms with Crippen molar-refractivity contribution in [2.24, 2.45) is 10.8 Å². The Kier molecular flexibility index (Phi) is 4.21. The van der Waals surface area contributed by atoms with Crippen LogP contribution in [0.3, 0.4) is 0 Å². The van der Waals surface area contributed by atoms with Gasteiger partial charge >= 0.3 is 0 Å². The summed E-state index contributed by atoms with van der Waals surface area (Å²) in [5, 5.41) is 17.9. The SMILES string of the molecule is CC(C)(CO)CC(C)(C)CCO. The van der Waals surface area contributed by atoms with E-state index < -0.39 is 0 Å². The normalized spacial score (nSPS) is 13.5. The minimum absolute atomic E-state index is 0.0291. The van der Waals surface area contributed by atoms with E-state index in [9.17, 15) is 0 Å². The predicted octanol–water partition coefficient (Wildman–Crippen LogP) is 1.80. The van der Waals surface area contributed by atoms with Gasteiger partial charge in [-0.1, -0.05) is 27.7 Å². The number of aliphatic hydroxyl groups excluding tert-OH is 2. The Morgan fingerprint density at radius 2 is 1.42 bits per heavy atom. The van der Waals surface area contributed by atoms with Gasteiger partial charge in [-0.15, -0.1) is 0 Å². The van der Waals surface area contributed by atoms with Gasteiger partial charge in [0.2, 0.25) is 0 Å². The number of hydrogen-bond acceptors (Lipinski definition) is 2. The van der Waals surface area contributed by atoms with Crippen LogP contribution in [0.15, 0.2) is 0 Å². The maximum absolute atomic E-state index is 9.06. The first kappa shape index (κ1) is 11.9. The van der Waals surface area contributed by atoms with E-state index in [1.54, 1.807) is 0 Å². The smallest absolute Gasteiger partial charge is 0.0482 e. The molecule has 0 unspecified atom stereocenters. The molecule has 0 aromatic heterocycles. The lowest BCUT2D eigenvalue weighted by Gasteiger charge is -2.33. The Balaban J connectivity index is 4.04. The topological polar surface area (TPSA) is 40.5 Å². The molecule has 0 heterocycles. The second kappa shape index (κ2) is 4.24. The Bertz CT molecular complexity index is 128. The van der Waals surface area contributed by atoms with Gasteiger partial charge in [0.1, 0.15) is 0 Å². The van der Waals surface area contributed by atoms with Crippen LogP contribution in [0.25, 0.3) is 0 Å². The molecule has 12 heavy (non-hydrogen) atoms. The van der Waals surface area contributed by atoms with Crippen LogP contribution in [-0.4, -0.2) is 23.4 Å². The summed E-state index contributed by atoms with van der Waals surface area (Å²) in [6, 6.07) is 0. The molecule has 0 saturated carbocycles. The van der Waals surface area contributed by atoms with Crippen molar-refractivity contribution in [3.05, 3.63) is 0 Å². The molecule has 2 nitrogen and oxygen atoms in total. The fraction of sp³-hybridized carbons (Fsp3) is 1.00.